The Balaban J connectivity index is 1.80. The number of anilines is 2. The molecule has 0 amide bonds. The van der Waals surface area contributed by atoms with Gasteiger partial charge >= 0.3 is 0 Å². The number of nitrogens with zero attached hydrogens (tertiary/aromatic N) is 3. The van der Waals surface area contributed by atoms with Crippen LogP contribution in [0.15, 0.2) is 11.0 Å². The number of thiazole rings is 1. The smallest absolute Gasteiger partial charge is 0.257 e. The largest absolute Gasteiger partial charge is 0.375 e. The molecule has 2 aromatic heterocycles. The number of hydrogen-bond donors (Lipinski definition) is 3. The molecular formula is C11H14N6OS. The molecule has 7 nitrogen and oxygen atoms in total. The van der Waals surface area contributed by atoms with Crippen molar-refractivity contribution in [3.63, 3.8) is 0 Å². The topological polar surface area (TPSA) is 114 Å². The van der Waals surface area contributed by atoms with Gasteiger partial charge in [-0.3, -0.25) is 14.7 Å². The maximum Gasteiger partial charge on any atom is 0.257 e. The van der Waals surface area contributed by atoms with Gasteiger partial charge in [0.05, 0.1) is 11.3 Å². The molecule has 3 rings (SSSR count). The van der Waals surface area contributed by atoms with E-state index in [1.54, 1.807) is 6.20 Å². The van der Waals surface area contributed by atoms with Crippen LogP contribution in [0.1, 0.15) is 16.1 Å². The van der Waals surface area contributed by atoms with E-state index in [-0.39, 0.29) is 11.5 Å². The highest BCUT2D eigenvalue weighted by atomic mass is 32.1. The number of aromatic nitrogens is 3. The van der Waals surface area contributed by atoms with E-state index >= 15 is 0 Å². The van der Waals surface area contributed by atoms with Gasteiger partial charge in [-0.25, -0.2) is 9.97 Å². The highest BCUT2D eigenvalue weighted by Gasteiger charge is 2.21. The Morgan fingerprint density at radius 2 is 2.32 bits per heavy atom. The SMILES string of the molecule is Nc1nc2c(c(=O)[nH]1)CN(Cc1cnc(N)s1)CC2. The minimum Gasteiger partial charge on any atom is -0.375 e. The summed E-state index contributed by atoms with van der Waals surface area (Å²) in [6, 6.07) is 0. The second kappa shape index (κ2) is 4.63. The third kappa shape index (κ3) is 2.45. The second-order valence-corrected chi connectivity index (χ2v) is 5.65. The van der Waals surface area contributed by atoms with Gasteiger partial charge in [-0.15, -0.1) is 11.3 Å². The van der Waals surface area contributed by atoms with Crippen LogP contribution in [0.25, 0.3) is 0 Å². The van der Waals surface area contributed by atoms with Gasteiger partial charge in [0.15, 0.2) is 5.13 Å². The maximum atomic E-state index is 11.9. The molecule has 0 spiro atoms. The number of fused-ring (bicyclic) bond motifs is 1. The summed E-state index contributed by atoms with van der Waals surface area (Å²) in [4.78, 5) is 25.9. The fourth-order valence-electron chi connectivity index (χ4n) is 2.25. The summed E-state index contributed by atoms with van der Waals surface area (Å²) in [5.74, 6) is 0.187. The average Bonchev–Trinajstić information content (AvgIpc) is 2.75. The van der Waals surface area contributed by atoms with Crippen molar-refractivity contribution < 1.29 is 0 Å². The maximum absolute atomic E-state index is 11.9. The Morgan fingerprint density at radius 1 is 1.47 bits per heavy atom. The van der Waals surface area contributed by atoms with Crippen molar-refractivity contribution in [1.29, 1.82) is 0 Å². The van der Waals surface area contributed by atoms with Crippen molar-refractivity contribution >= 4 is 22.4 Å². The van der Waals surface area contributed by atoms with Crippen LogP contribution in [-0.2, 0) is 19.5 Å². The van der Waals surface area contributed by atoms with E-state index in [1.165, 1.54) is 11.3 Å². The number of nitrogen functional groups attached to an aromatic ring is 2. The molecule has 1 aliphatic heterocycles. The molecule has 0 bridgehead atoms. The van der Waals surface area contributed by atoms with Crippen LogP contribution in [0.2, 0.25) is 0 Å². The molecular weight excluding hydrogens is 264 g/mol. The second-order valence-electron chi connectivity index (χ2n) is 4.50. The van der Waals surface area contributed by atoms with Gasteiger partial charge < -0.3 is 11.5 Å². The summed E-state index contributed by atoms with van der Waals surface area (Å²) in [5, 5.41) is 0.569. The summed E-state index contributed by atoms with van der Waals surface area (Å²) < 4.78 is 0. The first-order valence-corrected chi connectivity index (χ1v) is 6.73. The quantitative estimate of drug-likeness (QED) is 0.709. The van der Waals surface area contributed by atoms with Crippen LogP contribution in [0.3, 0.4) is 0 Å². The summed E-state index contributed by atoms with van der Waals surface area (Å²) >= 11 is 1.47. The highest BCUT2D eigenvalue weighted by Crippen LogP contribution is 2.20. The van der Waals surface area contributed by atoms with Crippen molar-refractivity contribution in [2.24, 2.45) is 0 Å². The standard InChI is InChI=1S/C11H14N6OS/c12-10-15-8-1-2-17(5-7(8)9(18)16-10)4-6-3-14-11(13)19-6/h3H,1-2,4-5H2,(H2,13,14)(H3,12,15,16,18). The van der Waals surface area contributed by atoms with Crippen molar-refractivity contribution in [1.82, 2.24) is 19.9 Å². The Kier molecular flexibility index (Phi) is 2.96. The Labute approximate surface area is 113 Å². The number of hydrogen-bond acceptors (Lipinski definition) is 7. The zero-order valence-corrected chi connectivity index (χ0v) is 11.0. The van der Waals surface area contributed by atoms with Crippen LogP contribution in [0.4, 0.5) is 11.1 Å². The lowest BCUT2D eigenvalue weighted by molar-refractivity contribution is 0.244. The number of nitrogens with two attached hydrogens (primary N) is 2. The molecule has 0 aliphatic carbocycles. The number of rotatable bonds is 2. The summed E-state index contributed by atoms with van der Waals surface area (Å²) in [7, 11) is 0. The van der Waals surface area contributed by atoms with E-state index in [9.17, 15) is 4.79 Å². The lowest BCUT2D eigenvalue weighted by Gasteiger charge is -2.26. The van der Waals surface area contributed by atoms with Crippen LogP contribution in [0.5, 0.6) is 0 Å². The minimum absolute atomic E-state index is 0.143. The molecule has 3 heterocycles. The molecule has 19 heavy (non-hydrogen) atoms. The zero-order chi connectivity index (χ0) is 13.4. The molecule has 2 aromatic rings. The van der Waals surface area contributed by atoms with Crippen LogP contribution >= 0.6 is 11.3 Å². The first-order valence-electron chi connectivity index (χ1n) is 5.92. The van der Waals surface area contributed by atoms with E-state index < -0.39 is 0 Å². The fourth-order valence-corrected chi connectivity index (χ4v) is 2.98. The monoisotopic (exact) mass is 278 g/mol. The summed E-state index contributed by atoms with van der Waals surface area (Å²) in [6.45, 7) is 2.18. The third-order valence-corrected chi connectivity index (χ3v) is 3.93. The first-order chi connectivity index (χ1) is 9.11. The average molecular weight is 278 g/mol. The number of nitrogens with one attached hydrogen (secondary N) is 1. The van der Waals surface area contributed by atoms with Gasteiger partial charge in [0.2, 0.25) is 5.95 Å². The van der Waals surface area contributed by atoms with E-state index in [0.717, 1.165) is 30.1 Å². The van der Waals surface area contributed by atoms with Crippen molar-refractivity contribution in [3.05, 3.63) is 32.7 Å². The molecule has 5 N–H and O–H groups in total. The van der Waals surface area contributed by atoms with Crippen molar-refractivity contribution in [2.45, 2.75) is 19.5 Å². The minimum atomic E-state index is -0.143. The fraction of sp³-hybridized carbons (Fsp3) is 0.364. The predicted octanol–water partition coefficient (Wildman–Crippen LogP) is -0.0509. The molecule has 0 unspecified atom stereocenters. The van der Waals surface area contributed by atoms with Gasteiger partial charge in [0, 0.05) is 37.1 Å². The Bertz CT molecular complexity index is 663. The van der Waals surface area contributed by atoms with Gasteiger partial charge in [-0.1, -0.05) is 0 Å². The van der Waals surface area contributed by atoms with E-state index in [2.05, 4.69) is 19.9 Å². The number of aromatic amines is 1. The summed E-state index contributed by atoms with van der Waals surface area (Å²) in [6.07, 6.45) is 2.51. The molecule has 0 saturated heterocycles. The normalized spacial score (nSPS) is 15.4. The molecule has 0 fully saturated rings. The lowest BCUT2D eigenvalue weighted by atomic mass is 10.1. The molecule has 0 radical (unpaired) electrons. The van der Waals surface area contributed by atoms with Gasteiger partial charge in [-0.05, 0) is 0 Å². The Hall–Kier alpha value is -1.93. The van der Waals surface area contributed by atoms with Gasteiger partial charge in [-0.2, -0.15) is 0 Å². The summed E-state index contributed by atoms with van der Waals surface area (Å²) in [5.41, 5.74) is 12.5. The van der Waals surface area contributed by atoms with E-state index in [4.69, 9.17) is 11.5 Å². The third-order valence-electron chi connectivity index (χ3n) is 3.12. The van der Waals surface area contributed by atoms with Crippen LogP contribution < -0.4 is 17.0 Å². The lowest BCUT2D eigenvalue weighted by Crippen LogP contribution is -2.35. The molecule has 1 aliphatic rings. The van der Waals surface area contributed by atoms with Gasteiger partial charge in [0.25, 0.3) is 5.56 Å². The van der Waals surface area contributed by atoms with Crippen molar-refractivity contribution in [2.75, 3.05) is 18.0 Å². The molecule has 0 saturated carbocycles. The molecule has 100 valence electrons. The molecule has 8 heteroatoms. The zero-order valence-electron chi connectivity index (χ0n) is 10.2. The highest BCUT2D eigenvalue weighted by molar-refractivity contribution is 7.15. The van der Waals surface area contributed by atoms with Crippen LogP contribution in [0, 0.1) is 0 Å². The number of H-pyrrole nitrogens is 1. The van der Waals surface area contributed by atoms with Gasteiger partial charge in [0.1, 0.15) is 0 Å². The van der Waals surface area contributed by atoms with Crippen molar-refractivity contribution in [3.8, 4) is 0 Å². The Morgan fingerprint density at radius 3 is 3.05 bits per heavy atom. The predicted molar refractivity (Wildman–Crippen MR) is 73.6 cm³/mol. The molecule has 0 atom stereocenters. The van der Waals surface area contributed by atoms with E-state index in [0.29, 0.717) is 17.2 Å². The molecule has 0 aromatic carbocycles. The first kappa shape index (κ1) is 12.1. The van der Waals surface area contributed by atoms with Crippen LogP contribution in [-0.4, -0.2) is 26.4 Å². The van der Waals surface area contributed by atoms with E-state index in [1.807, 2.05) is 0 Å².